The molecule has 0 amide bonds. The Kier molecular flexibility index (Phi) is 5.32. The molecule has 0 radical (unpaired) electrons. The average molecular weight is 320 g/mol. The summed E-state index contributed by atoms with van der Waals surface area (Å²) in [4.78, 5) is 12.7. The third kappa shape index (κ3) is 3.67. The van der Waals surface area contributed by atoms with E-state index in [9.17, 15) is 4.79 Å². The van der Waals surface area contributed by atoms with Crippen molar-refractivity contribution in [2.24, 2.45) is 0 Å². The normalized spacial score (nSPS) is 10.9. The van der Waals surface area contributed by atoms with Gasteiger partial charge in [-0.05, 0) is 24.1 Å². The highest BCUT2D eigenvalue weighted by Gasteiger charge is 2.15. The summed E-state index contributed by atoms with van der Waals surface area (Å²) in [6.07, 6.45) is 3.79. The zero-order valence-corrected chi connectivity index (χ0v) is 14.2. The van der Waals surface area contributed by atoms with E-state index in [0.29, 0.717) is 13.0 Å². The van der Waals surface area contributed by atoms with Crippen molar-refractivity contribution >= 4 is 16.7 Å². The van der Waals surface area contributed by atoms with Gasteiger partial charge in [-0.1, -0.05) is 68.3 Å². The predicted molar refractivity (Wildman–Crippen MR) is 99.9 cm³/mol. The summed E-state index contributed by atoms with van der Waals surface area (Å²) in [5.41, 5.74) is 6.42. The predicted octanol–water partition coefficient (Wildman–Crippen LogP) is 5.15. The quantitative estimate of drug-likeness (QED) is 0.460. The number of hydrogen-bond acceptors (Lipinski definition) is 2. The second kappa shape index (κ2) is 7.82. The maximum absolute atomic E-state index is 12.7. The molecule has 1 N–H and O–H groups in total. The third-order valence-corrected chi connectivity index (χ3v) is 4.29. The summed E-state index contributed by atoms with van der Waals surface area (Å²) >= 11 is 0. The highest BCUT2D eigenvalue weighted by molar-refractivity contribution is 6.00. The fourth-order valence-corrected chi connectivity index (χ4v) is 2.96. The smallest absolute Gasteiger partial charge is 0.181 e. The minimum absolute atomic E-state index is 0.209. The second-order valence-corrected chi connectivity index (χ2v) is 6.12. The molecular weight excluding hydrogens is 296 g/mol. The van der Waals surface area contributed by atoms with E-state index in [0.717, 1.165) is 35.9 Å². The van der Waals surface area contributed by atoms with Gasteiger partial charge >= 0.3 is 0 Å². The molecule has 3 nitrogen and oxygen atoms in total. The molecule has 0 saturated heterocycles. The van der Waals surface area contributed by atoms with Crippen LogP contribution in [0.1, 0.15) is 48.7 Å². The van der Waals surface area contributed by atoms with Gasteiger partial charge in [0, 0.05) is 11.8 Å². The first-order valence-electron chi connectivity index (χ1n) is 8.71. The summed E-state index contributed by atoms with van der Waals surface area (Å²) in [7, 11) is 0. The van der Waals surface area contributed by atoms with E-state index < -0.39 is 0 Å². The topological polar surface area (TPSA) is 34.0 Å². The number of nitrogens with one attached hydrogen (secondary N) is 1. The van der Waals surface area contributed by atoms with E-state index in [2.05, 4.69) is 36.6 Å². The van der Waals surface area contributed by atoms with Crippen molar-refractivity contribution in [3.05, 3.63) is 71.9 Å². The maximum Gasteiger partial charge on any atom is 0.181 e. The van der Waals surface area contributed by atoms with Crippen LogP contribution in [0.4, 0.5) is 0 Å². The third-order valence-electron chi connectivity index (χ3n) is 4.29. The monoisotopic (exact) mass is 320 g/mol. The molecule has 3 aromatic rings. The summed E-state index contributed by atoms with van der Waals surface area (Å²) in [6.45, 7) is 2.84. The van der Waals surface area contributed by atoms with Gasteiger partial charge in [-0.15, -0.1) is 0 Å². The maximum atomic E-state index is 12.7. The van der Waals surface area contributed by atoms with Gasteiger partial charge in [0.1, 0.15) is 5.69 Å². The van der Waals surface area contributed by atoms with Crippen LogP contribution >= 0.6 is 0 Å². The number of benzene rings is 2. The number of carbonyl (C=O) groups excluding carboxylic acids is 1. The molecule has 0 unspecified atom stereocenters. The van der Waals surface area contributed by atoms with E-state index in [1.807, 2.05) is 41.1 Å². The van der Waals surface area contributed by atoms with Gasteiger partial charge < -0.3 is 5.43 Å². The van der Waals surface area contributed by atoms with Crippen molar-refractivity contribution in [2.75, 3.05) is 5.43 Å². The van der Waals surface area contributed by atoms with Gasteiger partial charge in [0.05, 0.1) is 12.1 Å². The van der Waals surface area contributed by atoms with Gasteiger partial charge in [0.25, 0.3) is 0 Å². The number of hydrogen-bond donors (Lipinski definition) is 1. The fourth-order valence-electron chi connectivity index (χ4n) is 2.96. The molecular formula is C21H24N2O. The highest BCUT2D eigenvalue weighted by Crippen LogP contribution is 2.21. The number of carbonyl (C=O) groups is 1. The molecule has 1 aromatic heterocycles. The molecule has 3 rings (SSSR count). The molecule has 2 aromatic carbocycles. The van der Waals surface area contributed by atoms with Crippen LogP contribution < -0.4 is 5.43 Å². The Morgan fingerprint density at radius 2 is 1.75 bits per heavy atom. The molecule has 0 atom stereocenters. The Balaban J connectivity index is 1.86. The molecule has 3 heteroatoms. The van der Waals surface area contributed by atoms with Crippen molar-refractivity contribution in [3.63, 3.8) is 0 Å². The standard InChI is InChI=1S/C21H24N2O/c1-2-3-5-14-21(24)20-15-18-12-8-9-13-19(18)23(20)22-16-17-10-6-4-7-11-17/h4,6-13,15,22H,2-3,5,14,16H2,1H3. The van der Waals surface area contributed by atoms with E-state index in [1.165, 1.54) is 5.56 Å². The Morgan fingerprint density at radius 3 is 2.54 bits per heavy atom. The van der Waals surface area contributed by atoms with Crippen molar-refractivity contribution in [1.82, 2.24) is 4.68 Å². The van der Waals surface area contributed by atoms with Crippen molar-refractivity contribution in [2.45, 2.75) is 39.2 Å². The Hall–Kier alpha value is -2.55. The van der Waals surface area contributed by atoms with E-state index >= 15 is 0 Å². The van der Waals surface area contributed by atoms with Crippen LogP contribution in [0.5, 0.6) is 0 Å². The van der Waals surface area contributed by atoms with Crippen molar-refractivity contribution in [3.8, 4) is 0 Å². The largest absolute Gasteiger partial charge is 0.321 e. The minimum Gasteiger partial charge on any atom is -0.321 e. The number of aromatic nitrogens is 1. The number of fused-ring (bicyclic) bond motifs is 1. The summed E-state index contributed by atoms with van der Waals surface area (Å²) < 4.78 is 1.95. The van der Waals surface area contributed by atoms with Crippen molar-refractivity contribution < 1.29 is 4.79 Å². The number of rotatable bonds is 8. The molecule has 124 valence electrons. The Morgan fingerprint density at radius 1 is 1.00 bits per heavy atom. The number of nitrogens with zero attached hydrogens (tertiary/aromatic N) is 1. The van der Waals surface area contributed by atoms with Gasteiger partial charge in [-0.25, -0.2) is 0 Å². The lowest BCUT2D eigenvalue weighted by molar-refractivity contribution is 0.0972. The first-order chi connectivity index (χ1) is 11.8. The van der Waals surface area contributed by atoms with E-state index in [4.69, 9.17) is 0 Å². The fraction of sp³-hybridized carbons (Fsp3) is 0.286. The first kappa shape index (κ1) is 16.3. The van der Waals surface area contributed by atoms with Crippen LogP contribution in [0.25, 0.3) is 10.9 Å². The van der Waals surface area contributed by atoms with Gasteiger partial charge in [-0.3, -0.25) is 9.47 Å². The Bertz CT molecular complexity index is 805. The van der Waals surface area contributed by atoms with Gasteiger partial charge in [0.15, 0.2) is 5.78 Å². The van der Waals surface area contributed by atoms with E-state index in [1.54, 1.807) is 0 Å². The first-order valence-corrected chi connectivity index (χ1v) is 8.71. The van der Waals surface area contributed by atoms with Crippen LogP contribution in [0.15, 0.2) is 60.7 Å². The molecule has 0 bridgehead atoms. The van der Waals surface area contributed by atoms with Crippen LogP contribution in [0.2, 0.25) is 0 Å². The van der Waals surface area contributed by atoms with Crippen LogP contribution in [-0.4, -0.2) is 10.5 Å². The molecule has 0 fully saturated rings. The molecule has 0 spiro atoms. The lowest BCUT2D eigenvalue weighted by Crippen LogP contribution is -2.19. The summed E-state index contributed by atoms with van der Waals surface area (Å²) in [5.74, 6) is 0.209. The molecule has 1 heterocycles. The molecule has 0 aliphatic carbocycles. The number of para-hydroxylation sites is 1. The van der Waals surface area contributed by atoms with Crippen LogP contribution in [-0.2, 0) is 6.54 Å². The number of Topliss-reactive ketones (excluding diaryl/α,β-unsaturated/α-hetero) is 1. The second-order valence-electron chi connectivity index (χ2n) is 6.12. The Labute approximate surface area is 143 Å². The molecule has 0 saturated carbocycles. The SMILES string of the molecule is CCCCCC(=O)c1cc2ccccc2n1NCc1ccccc1. The van der Waals surface area contributed by atoms with Gasteiger partial charge in [-0.2, -0.15) is 0 Å². The lowest BCUT2D eigenvalue weighted by Gasteiger charge is -2.13. The average Bonchev–Trinajstić information content (AvgIpc) is 3.00. The molecule has 0 aliphatic heterocycles. The zero-order chi connectivity index (χ0) is 16.8. The molecule has 0 aliphatic rings. The minimum atomic E-state index is 0.209. The number of ketones is 1. The lowest BCUT2D eigenvalue weighted by atomic mass is 10.1. The highest BCUT2D eigenvalue weighted by atomic mass is 16.1. The zero-order valence-electron chi connectivity index (χ0n) is 14.2. The van der Waals surface area contributed by atoms with Crippen LogP contribution in [0.3, 0.4) is 0 Å². The molecule has 24 heavy (non-hydrogen) atoms. The van der Waals surface area contributed by atoms with E-state index in [-0.39, 0.29) is 5.78 Å². The number of unbranched alkanes of at least 4 members (excludes halogenated alkanes) is 2. The van der Waals surface area contributed by atoms with Crippen molar-refractivity contribution in [1.29, 1.82) is 0 Å². The summed E-state index contributed by atoms with van der Waals surface area (Å²) in [6, 6.07) is 20.4. The van der Waals surface area contributed by atoms with Gasteiger partial charge in [0.2, 0.25) is 0 Å². The summed E-state index contributed by atoms with van der Waals surface area (Å²) in [5, 5.41) is 1.09. The van der Waals surface area contributed by atoms with Crippen LogP contribution in [0, 0.1) is 0 Å².